The fourth-order valence-corrected chi connectivity index (χ4v) is 3.95. The molecule has 2 rings (SSSR count). The van der Waals surface area contributed by atoms with Crippen molar-refractivity contribution < 1.29 is 17.4 Å². The van der Waals surface area contributed by atoms with E-state index in [1.807, 2.05) is 58.0 Å². The van der Waals surface area contributed by atoms with E-state index in [-0.39, 0.29) is 23.4 Å². The maximum atomic E-state index is 13.2. The normalized spacial score (nSPS) is 13.0. The van der Waals surface area contributed by atoms with E-state index < -0.39 is 15.1 Å². The molecule has 0 heterocycles. The van der Waals surface area contributed by atoms with Crippen molar-refractivity contribution in [3.8, 4) is 5.75 Å². The summed E-state index contributed by atoms with van der Waals surface area (Å²) in [5.74, 6) is -0.159. The lowest BCUT2D eigenvalue weighted by atomic mass is 9.87. The molecule has 5 nitrogen and oxygen atoms in total. The molecule has 27 heavy (non-hydrogen) atoms. The van der Waals surface area contributed by atoms with Crippen molar-refractivity contribution in [1.82, 2.24) is 0 Å². The number of hydrogen-bond acceptors (Lipinski definition) is 4. The summed E-state index contributed by atoms with van der Waals surface area (Å²) in [7, 11) is -4.23. The Labute approximate surface area is 169 Å². The van der Waals surface area contributed by atoms with E-state index in [4.69, 9.17) is 9.32 Å². The molecule has 0 saturated heterocycles. The average Bonchev–Trinajstić information content (AvgIpc) is 2.58. The number of rotatable bonds is 7. The van der Waals surface area contributed by atoms with Crippen LogP contribution in [0.2, 0.25) is 0 Å². The molecule has 2 aromatic rings. The fourth-order valence-electron chi connectivity index (χ4n) is 2.98. The van der Waals surface area contributed by atoms with Crippen LogP contribution in [0.1, 0.15) is 71.4 Å². The molecule has 0 aromatic heterocycles. The Morgan fingerprint density at radius 3 is 2.07 bits per heavy atom. The highest BCUT2D eigenvalue weighted by molar-refractivity contribution is 9.09. The minimum Gasteiger partial charge on any atom is -0.370 e. The SMILES string of the molecule is CC(C)c1ccc(C(=O)C(Br)c2ccccc2)c(C(C)C)c1OS(N)(=O)=O. The summed E-state index contributed by atoms with van der Waals surface area (Å²) in [5.41, 5.74) is 2.47. The molecular formula is C20H24BrNO4S. The van der Waals surface area contributed by atoms with Gasteiger partial charge in [-0.15, -0.1) is 0 Å². The van der Waals surface area contributed by atoms with E-state index >= 15 is 0 Å². The third-order valence-electron chi connectivity index (χ3n) is 4.21. The van der Waals surface area contributed by atoms with Crippen LogP contribution in [0, 0.1) is 0 Å². The molecule has 0 saturated carbocycles. The second-order valence-electron chi connectivity index (χ2n) is 6.97. The van der Waals surface area contributed by atoms with Crippen LogP contribution in [0.5, 0.6) is 5.75 Å². The highest BCUT2D eigenvalue weighted by Gasteiger charge is 2.28. The number of ketones is 1. The lowest BCUT2D eigenvalue weighted by Crippen LogP contribution is -2.22. The van der Waals surface area contributed by atoms with E-state index in [2.05, 4.69) is 15.9 Å². The number of benzene rings is 2. The van der Waals surface area contributed by atoms with Crippen LogP contribution in [0.4, 0.5) is 0 Å². The molecule has 2 aromatic carbocycles. The van der Waals surface area contributed by atoms with E-state index in [0.29, 0.717) is 16.7 Å². The zero-order valence-electron chi connectivity index (χ0n) is 15.8. The van der Waals surface area contributed by atoms with Crippen molar-refractivity contribution in [2.45, 2.75) is 44.4 Å². The van der Waals surface area contributed by atoms with Crippen molar-refractivity contribution in [3.05, 3.63) is 64.7 Å². The van der Waals surface area contributed by atoms with Gasteiger partial charge in [0, 0.05) is 11.1 Å². The first-order chi connectivity index (χ1) is 12.5. The fraction of sp³-hybridized carbons (Fsp3) is 0.350. The highest BCUT2D eigenvalue weighted by atomic mass is 79.9. The molecule has 1 atom stereocenters. The minimum absolute atomic E-state index is 0.00251. The van der Waals surface area contributed by atoms with Crippen molar-refractivity contribution >= 4 is 32.0 Å². The van der Waals surface area contributed by atoms with Gasteiger partial charge in [0.1, 0.15) is 4.83 Å². The Balaban J connectivity index is 2.66. The first kappa shape index (κ1) is 21.6. The second-order valence-corrected chi connectivity index (χ2v) is 9.04. The lowest BCUT2D eigenvalue weighted by molar-refractivity contribution is 0.0990. The van der Waals surface area contributed by atoms with Gasteiger partial charge >= 0.3 is 10.3 Å². The first-order valence-electron chi connectivity index (χ1n) is 8.65. The molecule has 1 unspecified atom stereocenters. The van der Waals surface area contributed by atoms with Gasteiger partial charge in [0.15, 0.2) is 11.5 Å². The third-order valence-corrected chi connectivity index (χ3v) is 5.56. The topological polar surface area (TPSA) is 86.5 Å². The molecule has 0 spiro atoms. The van der Waals surface area contributed by atoms with Crippen molar-refractivity contribution in [2.75, 3.05) is 0 Å². The predicted molar refractivity (Wildman–Crippen MR) is 111 cm³/mol. The number of alkyl halides is 1. The van der Waals surface area contributed by atoms with Gasteiger partial charge < -0.3 is 4.18 Å². The number of halogens is 1. The summed E-state index contributed by atoms with van der Waals surface area (Å²) in [6.45, 7) is 7.62. The summed E-state index contributed by atoms with van der Waals surface area (Å²) in [5, 5.41) is 5.14. The van der Waals surface area contributed by atoms with Crippen LogP contribution in [0.25, 0.3) is 0 Å². The van der Waals surface area contributed by atoms with Crippen molar-refractivity contribution in [2.24, 2.45) is 5.14 Å². The summed E-state index contributed by atoms with van der Waals surface area (Å²) < 4.78 is 28.4. The summed E-state index contributed by atoms with van der Waals surface area (Å²) in [6.07, 6.45) is 0. The van der Waals surface area contributed by atoms with Gasteiger partial charge in [-0.25, -0.2) is 0 Å². The molecule has 2 N–H and O–H groups in total. The van der Waals surface area contributed by atoms with Crippen LogP contribution < -0.4 is 9.32 Å². The number of carbonyl (C=O) groups excluding carboxylic acids is 1. The van der Waals surface area contributed by atoms with Crippen LogP contribution >= 0.6 is 15.9 Å². The van der Waals surface area contributed by atoms with Gasteiger partial charge in [0.05, 0.1) is 0 Å². The van der Waals surface area contributed by atoms with Gasteiger partial charge in [-0.3, -0.25) is 4.79 Å². The quantitative estimate of drug-likeness (QED) is 0.480. The highest BCUT2D eigenvalue weighted by Crippen LogP contribution is 2.40. The van der Waals surface area contributed by atoms with Crippen LogP contribution in [-0.4, -0.2) is 14.2 Å². The number of carbonyl (C=O) groups is 1. The Hall–Kier alpha value is -1.70. The monoisotopic (exact) mass is 453 g/mol. The van der Waals surface area contributed by atoms with E-state index in [1.165, 1.54) is 0 Å². The summed E-state index contributed by atoms with van der Waals surface area (Å²) in [4.78, 5) is 12.6. The van der Waals surface area contributed by atoms with Gasteiger partial charge in [0.25, 0.3) is 0 Å². The molecule has 0 amide bonds. The Morgan fingerprint density at radius 2 is 1.59 bits per heavy atom. The lowest BCUT2D eigenvalue weighted by Gasteiger charge is -2.22. The van der Waals surface area contributed by atoms with E-state index in [9.17, 15) is 13.2 Å². The first-order valence-corrected chi connectivity index (χ1v) is 11.0. The Morgan fingerprint density at radius 1 is 1.00 bits per heavy atom. The van der Waals surface area contributed by atoms with E-state index in [1.54, 1.807) is 12.1 Å². The van der Waals surface area contributed by atoms with Crippen molar-refractivity contribution in [1.29, 1.82) is 0 Å². The molecule has 0 bridgehead atoms. The Bertz CT molecular complexity index is 924. The van der Waals surface area contributed by atoms with Crippen LogP contribution in [-0.2, 0) is 10.3 Å². The zero-order chi connectivity index (χ0) is 20.4. The maximum absolute atomic E-state index is 13.2. The minimum atomic E-state index is -4.23. The number of Topliss-reactive ketones (excluding diaryl/α,β-unsaturated/α-hetero) is 1. The molecule has 0 aliphatic rings. The smallest absolute Gasteiger partial charge is 0.370 e. The average molecular weight is 454 g/mol. The van der Waals surface area contributed by atoms with Crippen molar-refractivity contribution in [3.63, 3.8) is 0 Å². The summed E-state index contributed by atoms with van der Waals surface area (Å²) >= 11 is 3.47. The molecular weight excluding hydrogens is 430 g/mol. The molecule has 0 radical (unpaired) electrons. The maximum Gasteiger partial charge on any atom is 0.380 e. The van der Waals surface area contributed by atoms with Gasteiger partial charge in [-0.05, 0) is 23.0 Å². The van der Waals surface area contributed by atoms with Gasteiger partial charge in [0.2, 0.25) is 0 Å². The standard InChI is InChI=1S/C20H24BrNO4S/c1-12(2)15-10-11-16(17(13(3)4)20(15)26-27(22,24)25)19(23)18(21)14-8-6-5-7-9-14/h5-13,18H,1-4H3,(H2,22,24,25). The third kappa shape index (κ3) is 5.18. The van der Waals surface area contributed by atoms with Gasteiger partial charge in [-0.1, -0.05) is 86.1 Å². The molecule has 0 aliphatic carbocycles. The van der Waals surface area contributed by atoms with E-state index in [0.717, 1.165) is 5.56 Å². The van der Waals surface area contributed by atoms with Gasteiger partial charge in [-0.2, -0.15) is 13.6 Å². The second kappa shape index (κ2) is 8.54. The number of nitrogens with two attached hydrogens (primary N) is 1. The zero-order valence-corrected chi connectivity index (χ0v) is 18.2. The molecule has 0 aliphatic heterocycles. The largest absolute Gasteiger partial charge is 0.380 e. The molecule has 0 fully saturated rings. The molecule has 146 valence electrons. The predicted octanol–water partition coefficient (Wildman–Crippen LogP) is 4.83. The van der Waals surface area contributed by atoms with Crippen LogP contribution in [0.15, 0.2) is 42.5 Å². The summed E-state index contributed by atoms with van der Waals surface area (Å²) in [6, 6.07) is 12.8. The Kier molecular flexibility index (Phi) is 6.83. The van der Waals surface area contributed by atoms with Crippen LogP contribution in [0.3, 0.4) is 0 Å². The number of hydrogen-bond donors (Lipinski definition) is 1. The molecule has 7 heteroatoms.